The molecule has 1 aromatic carbocycles. The molecule has 0 aliphatic carbocycles. The minimum atomic E-state index is -0.585. The third kappa shape index (κ3) is 3.63. The molecule has 0 saturated carbocycles. The Kier molecular flexibility index (Phi) is 4.83. The largest absolute Gasteiger partial charge is 0.467 e. The van der Waals surface area contributed by atoms with Crippen LogP contribution in [-0.2, 0) is 17.9 Å². The standard InChI is InChI=1S/C16H18N6O4/c1-21(2)14-18-12(19-15(20-14)25-3)8-17-13(23)9-22-10-6-4-5-7-11(10)26-16(22)24/h4-7H,8-9H2,1-3H3,(H,17,23). The van der Waals surface area contributed by atoms with E-state index in [1.54, 1.807) is 43.3 Å². The molecule has 0 atom stereocenters. The molecular formula is C16H18N6O4. The van der Waals surface area contributed by atoms with Crippen molar-refractivity contribution >= 4 is 23.0 Å². The molecule has 0 spiro atoms. The summed E-state index contributed by atoms with van der Waals surface area (Å²) < 4.78 is 11.4. The second-order valence-electron chi connectivity index (χ2n) is 5.63. The SMILES string of the molecule is COc1nc(CNC(=O)Cn2c(=O)oc3ccccc32)nc(N(C)C)n1. The number of ether oxygens (including phenoxy) is 1. The van der Waals surface area contributed by atoms with Crippen LogP contribution in [0.15, 0.2) is 33.5 Å². The zero-order chi connectivity index (χ0) is 18.7. The van der Waals surface area contributed by atoms with Crippen molar-refractivity contribution in [3.8, 4) is 6.01 Å². The van der Waals surface area contributed by atoms with Crippen LogP contribution in [0.4, 0.5) is 5.95 Å². The summed E-state index contributed by atoms with van der Waals surface area (Å²) in [6.45, 7) is -0.0955. The Labute approximate surface area is 148 Å². The van der Waals surface area contributed by atoms with Gasteiger partial charge in [0, 0.05) is 14.1 Å². The Bertz CT molecular complexity index is 994. The van der Waals surface area contributed by atoms with E-state index in [-0.39, 0.29) is 25.0 Å². The molecule has 2 heterocycles. The number of anilines is 1. The van der Waals surface area contributed by atoms with E-state index >= 15 is 0 Å². The molecule has 0 radical (unpaired) electrons. The molecule has 3 aromatic rings. The van der Waals surface area contributed by atoms with Crippen molar-refractivity contribution in [3.63, 3.8) is 0 Å². The third-order valence-electron chi connectivity index (χ3n) is 3.55. The summed E-state index contributed by atoms with van der Waals surface area (Å²) in [5.74, 6) is -0.195. The van der Waals surface area contributed by atoms with Gasteiger partial charge in [-0.25, -0.2) is 4.79 Å². The normalized spacial score (nSPS) is 10.7. The monoisotopic (exact) mass is 358 g/mol. The van der Waals surface area contributed by atoms with Gasteiger partial charge < -0.3 is 19.4 Å². The van der Waals surface area contributed by atoms with Crippen molar-refractivity contribution in [1.82, 2.24) is 24.8 Å². The molecule has 0 unspecified atom stereocenters. The maximum absolute atomic E-state index is 12.2. The number of carbonyl (C=O) groups is 1. The highest BCUT2D eigenvalue weighted by Gasteiger charge is 2.13. The lowest BCUT2D eigenvalue weighted by Gasteiger charge is -2.12. The minimum absolute atomic E-state index is 0.0725. The molecule has 0 fully saturated rings. The molecule has 10 heteroatoms. The number of para-hydroxylation sites is 2. The van der Waals surface area contributed by atoms with E-state index in [1.165, 1.54) is 11.7 Å². The molecule has 0 aliphatic rings. The quantitative estimate of drug-likeness (QED) is 0.663. The first-order valence-corrected chi connectivity index (χ1v) is 7.79. The fourth-order valence-electron chi connectivity index (χ4n) is 2.30. The maximum atomic E-state index is 12.2. The topological polar surface area (TPSA) is 115 Å². The molecule has 1 amide bonds. The Morgan fingerprint density at radius 3 is 2.77 bits per heavy atom. The number of nitrogens with zero attached hydrogens (tertiary/aromatic N) is 5. The van der Waals surface area contributed by atoms with Crippen molar-refractivity contribution in [2.45, 2.75) is 13.1 Å². The summed E-state index contributed by atoms with van der Waals surface area (Å²) in [5.41, 5.74) is 0.993. The number of aromatic nitrogens is 4. The average Bonchev–Trinajstić information content (AvgIpc) is 2.95. The van der Waals surface area contributed by atoms with Crippen LogP contribution in [0, 0.1) is 0 Å². The Balaban J connectivity index is 1.72. The zero-order valence-electron chi connectivity index (χ0n) is 14.6. The van der Waals surface area contributed by atoms with Crippen molar-refractivity contribution in [2.75, 3.05) is 26.1 Å². The number of oxazole rings is 1. The van der Waals surface area contributed by atoms with Crippen molar-refractivity contribution in [3.05, 3.63) is 40.6 Å². The number of carbonyl (C=O) groups excluding carboxylic acids is 1. The third-order valence-corrected chi connectivity index (χ3v) is 3.55. The predicted molar refractivity (Wildman–Crippen MR) is 93.0 cm³/mol. The molecule has 0 aliphatic heterocycles. The van der Waals surface area contributed by atoms with Crippen molar-refractivity contribution in [1.29, 1.82) is 0 Å². The number of amides is 1. The van der Waals surface area contributed by atoms with Gasteiger partial charge in [0.15, 0.2) is 11.4 Å². The lowest BCUT2D eigenvalue weighted by molar-refractivity contribution is -0.121. The minimum Gasteiger partial charge on any atom is -0.467 e. The molecule has 136 valence electrons. The Hall–Kier alpha value is -3.43. The van der Waals surface area contributed by atoms with Gasteiger partial charge in [-0.3, -0.25) is 9.36 Å². The predicted octanol–water partition coefficient (Wildman–Crippen LogP) is 0.170. The lowest BCUT2D eigenvalue weighted by Crippen LogP contribution is -2.31. The summed E-state index contributed by atoms with van der Waals surface area (Å²) >= 11 is 0. The van der Waals surface area contributed by atoms with E-state index in [2.05, 4.69) is 20.3 Å². The van der Waals surface area contributed by atoms with Gasteiger partial charge in [-0.05, 0) is 12.1 Å². The number of nitrogens with one attached hydrogen (secondary N) is 1. The first kappa shape index (κ1) is 17.4. The first-order valence-electron chi connectivity index (χ1n) is 7.79. The number of benzene rings is 1. The Morgan fingerprint density at radius 2 is 2.04 bits per heavy atom. The van der Waals surface area contributed by atoms with Gasteiger partial charge in [0.2, 0.25) is 11.9 Å². The van der Waals surface area contributed by atoms with Crippen LogP contribution < -0.4 is 20.7 Å². The first-order chi connectivity index (χ1) is 12.5. The maximum Gasteiger partial charge on any atom is 0.420 e. The van der Waals surface area contributed by atoms with Crippen LogP contribution in [0.5, 0.6) is 6.01 Å². The molecule has 26 heavy (non-hydrogen) atoms. The van der Waals surface area contributed by atoms with Gasteiger partial charge in [-0.15, -0.1) is 0 Å². The van der Waals surface area contributed by atoms with E-state index in [0.29, 0.717) is 22.9 Å². The number of fused-ring (bicyclic) bond motifs is 1. The van der Waals surface area contributed by atoms with Gasteiger partial charge in [-0.2, -0.15) is 15.0 Å². The fourth-order valence-corrected chi connectivity index (χ4v) is 2.30. The van der Waals surface area contributed by atoms with Crippen LogP contribution in [0.3, 0.4) is 0 Å². The van der Waals surface area contributed by atoms with Crippen molar-refractivity contribution in [2.24, 2.45) is 0 Å². The van der Waals surface area contributed by atoms with Gasteiger partial charge in [0.05, 0.1) is 19.2 Å². The fraction of sp³-hybridized carbons (Fsp3) is 0.312. The highest BCUT2D eigenvalue weighted by atomic mass is 16.5. The molecule has 2 aromatic heterocycles. The van der Waals surface area contributed by atoms with Crippen LogP contribution >= 0.6 is 0 Å². The second kappa shape index (κ2) is 7.21. The van der Waals surface area contributed by atoms with E-state index < -0.39 is 5.76 Å². The highest BCUT2D eigenvalue weighted by molar-refractivity contribution is 5.79. The summed E-state index contributed by atoms with van der Waals surface area (Å²) in [5, 5.41) is 2.68. The smallest absolute Gasteiger partial charge is 0.420 e. The van der Waals surface area contributed by atoms with Gasteiger partial charge in [-0.1, -0.05) is 12.1 Å². The number of methoxy groups -OCH3 is 1. The molecular weight excluding hydrogens is 340 g/mol. The molecule has 3 rings (SSSR count). The van der Waals surface area contributed by atoms with E-state index in [0.717, 1.165) is 0 Å². The highest BCUT2D eigenvalue weighted by Crippen LogP contribution is 2.12. The number of rotatable bonds is 6. The van der Waals surface area contributed by atoms with Crippen LogP contribution in [0.2, 0.25) is 0 Å². The molecule has 10 nitrogen and oxygen atoms in total. The molecule has 0 bridgehead atoms. The van der Waals surface area contributed by atoms with Crippen LogP contribution in [-0.4, -0.2) is 46.6 Å². The summed E-state index contributed by atoms with van der Waals surface area (Å²) in [7, 11) is 5.02. The zero-order valence-corrected chi connectivity index (χ0v) is 14.6. The van der Waals surface area contributed by atoms with Crippen LogP contribution in [0.1, 0.15) is 5.82 Å². The van der Waals surface area contributed by atoms with Gasteiger partial charge >= 0.3 is 11.8 Å². The number of hydrogen-bond donors (Lipinski definition) is 1. The van der Waals surface area contributed by atoms with E-state index in [9.17, 15) is 9.59 Å². The van der Waals surface area contributed by atoms with Gasteiger partial charge in [0.25, 0.3) is 0 Å². The molecule has 1 N–H and O–H groups in total. The molecule has 0 saturated heterocycles. The average molecular weight is 358 g/mol. The van der Waals surface area contributed by atoms with Gasteiger partial charge in [0.1, 0.15) is 6.54 Å². The van der Waals surface area contributed by atoms with Crippen molar-refractivity contribution < 1.29 is 13.9 Å². The summed E-state index contributed by atoms with van der Waals surface area (Å²) in [4.78, 5) is 38.3. The Morgan fingerprint density at radius 1 is 1.27 bits per heavy atom. The van der Waals surface area contributed by atoms with E-state index in [1.807, 2.05) is 0 Å². The summed E-state index contributed by atoms with van der Waals surface area (Å²) in [6, 6.07) is 7.07. The number of hydrogen-bond acceptors (Lipinski definition) is 8. The van der Waals surface area contributed by atoms with Crippen LogP contribution in [0.25, 0.3) is 11.1 Å². The lowest BCUT2D eigenvalue weighted by atomic mass is 10.3. The second-order valence-corrected chi connectivity index (χ2v) is 5.63. The summed E-state index contributed by atoms with van der Waals surface area (Å²) in [6.07, 6.45) is 0. The van der Waals surface area contributed by atoms with E-state index in [4.69, 9.17) is 9.15 Å².